The predicted molar refractivity (Wildman–Crippen MR) is 100.0 cm³/mol. The highest BCUT2D eigenvalue weighted by molar-refractivity contribution is 5.82. The van der Waals surface area contributed by atoms with E-state index in [0.29, 0.717) is 12.0 Å². The van der Waals surface area contributed by atoms with Crippen LogP contribution in [0.25, 0.3) is 10.9 Å². The Morgan fingerprint density at radius 3 is 2.56 bits per heavy atom. The summed E-state index contributed by atoms with van der Waals surface area (Å²) in [4.78, 5) is 4.38. The Balaban J connectivity index is 1.41. The molecule has 1 aromatic heterocycles. The summed E-state index contributed by atoms with van der Waals surface area (Å²) in [5.41, 5.74) is 3.48. The molecule has 0 spiro atoms. The lowest BCUT2D eigenvalue weighted by Crippen LogP contribution is -2.32. The van der Waals surface area contributed by atoms with Gasteiger partial charge in [0.2, 0.25) is 0 Å². The van der Waals surface area contributed by atoms with E-state index in [0.717, 1.165) is 43.1 Å². The number of hydrogen-bond donors (Lipinski definition) is 1. The van der Waals surface area contributed by atoms with Crippen LogP contribution in [0, 0.1) is 5.82 Å². The smallest absolute Gasteiger partial charge is 0.123 e. The van der Waals surface area contributed by atoms with Crippen molar-refractivity contribution < 1.29 is 4.39 Å². The van der Waals surface area contributed by atoms with Crippen LogP contribution in [-0.4, -0.2) is 11.0 Å². The van der Waals surface area contributed by atoms with Crippen molar-refractivity contribution in [1.82, 2.24) is 10.3 Å². The second-order valence-electron chi connectivity index (χ2n) is 6.98. The Hall–Kier alpha value is -2.26. The molecule has 0 unspecified atom stereocenters. The predicted octanol–water partition coefficient (Wildman–Crippen LogP) is 5.19. The average molecular weight is 334 g/mol. The molecule has 1 aliphatic rings. The van der Waals surface area contributed by atoms with Gasteiger partial charge in [-0.15, -0.1) is 0 Å². The van der Waals surface area contributed by atoms with Crippen molar-refractivity contribution in [3.63, 3.8) is 0 Å². The van der Waals surface area contributed by atoms with E-state index in [1.165, 1.54) is 17.2 Å². The molecule has 2 nitrogen and oxygen atoms in total. The molecule has 1 N–H and O–H groups in total. The van der Waals surface area contributed by atoms with Crippen molar-refractivity contribution >= 4 is 10.9 Å². The van der Waals surface area contributed by atoms with Gasteiger partial charge in [-0.2, -0.15) is 0 Å². The number of halogens is 1. The van der Waals surface area contributed by atoms with E-state index >= 15 is 0 Å². The second-order valence-corrected chi connectivity index (χ2v) is 6.98. The zero-order valence-corrected chi connectivity index (χ0v) is 14.3. The average Bonchev–Trinajstić information content (AvgIpc) is 2.67. The third kappa shape index (κ3) is 3.72. The van der Waals surface area contributed by atoms with Crippen LogP contribution in [0.3, 0.4) is 0 Å². The lowest BCUT2D eigenvalue weighted by Gasteiger charge is -2.30. The third-order valence-electron chi connectivity index (χ3n) is 5.34. The molecule has 1 fully saturated rings. The summed E-state index contributed by atoms with van der Waals surface area (Å²) in [5.74, 6) is 0.321. The maximum Gasteiger partial charge on any atom is 0.123 e. The number of aromatic nitrogens is 1. The topological polar surface area (TPSA) is 24.9 Å². The maximum atomic E-state index is 13.7. The number of rotatable bonds is 4. The van der Waals surface area contributed by atoms with Crippen LogP contribution in [0.2, 0.25) is 0 Å². The van der Waals surface area contributed by atoms with Gasteiger partial charge in [-0.25, -0.2) is 4.39 Å². The quantitative estimate of drug-likeness (QED) is 0.710. The van der Waals surface area contributed by atoms with Crippen LogP contribution >= 0.6 is 0 Å². The lowest BCUT2D eigenvalue weighted by atomic mass is 9.80. The van der Waals surface area contributed by atoms with E-state index < -0.39 is 0 Å². The van der Waals surface area contributed by atoms with E-state index in [1.54, 1.807) is 12.1 Å². The number of nitrogens with zero attached hydrogens (tertiary/aromatic N) is 1. The molecule has 2 aromatic carbocycles. The van der Waals surface area contributed by atoms with Gasteiger partial charge in [0.05, 0.1) is 5.52 Å². The first-order chi connectivity index (χ1) is 12.3. The van der Waals surface area contributed by atoms with Crippen molar-refractivity contribution in [3.05, 3.63) is 77.7 Å². The number of nitrogens with one attached hydrogen (secondary N) is 1. The molecule has 0 aliphatic heterocycles. The van der Waals surface area contributed by atoms with Gasteiger partial charge in [0, 0.05) is 24.2 Å². The summed E-state index contributed by atoms with van der Waals surface area (Å²) in [6.45, 7) is 0.930. The zero-order valence-electron chi connectivity index (χ0n) is 14.3. The molecule has 25 heavy (non-hydrogen) atoms. The van der Waals surface area contributed by atoms with Crippen molar-refractivity contribution in [2.24, 2.45) is 0 Å². The van der Waals surface area contributed by atoms with Crippen molar-refractivity contribution in [2.75, 3.05) is 0 Å². The van der Waals surface area contributed by atoms with Gasteiger partial charge in [0.1, 0.15) is 5.82 Å². The van der Waals surface area contributed by atoms with E-state index in [4.69, 9.17) is 0 Å². The molecule has 1 heterocycles. The van der Waals surface area contributed by atoms with Crippen molar-refractivity contribution in [1.29, 1.82) is 0 Å². The summed E-state index contributed by atoms with van der Waals surface area (Å²) in [7, 11) is 0. The molecule has 3 aromatic rings. The minimum atomic E-state index is -0.181. The highest BCUT2D eigenvalue weighted by Crippen LogP contribution is 2.36. The fourth-order valence-corrected chi connectivity index (χ4v) is 3.96. The Morgan fingerprint density at radius 1 is 0.960 bits per heavy atom. The molecule has 0 saturated heterocycles. The van der Waals surface area contributed by atoms with Gasteiger partial charge in [-0.05, 0) is 67.0 Å². The molecule has 1 saturated carbocycles. The summed E-state index contributed by atoms with van der Waals surface area (Å²) in [6.07, 6.45) is 6.47. The van der Waals surface area contributed by atoms with Crippen LogP contribution in [-0.2, 0) is 6.54 Å². The molecule has 4 rings (SSSR count). The molecule has 1 aliphatic carbocycles. The highest BCUT2D eigenvalue weighted by Gasteiger charge is 2.23. The standard InChI is InChI=1S/C22H23FN2/c23-18-8-11-22-21(14-18)20(12-13-24-22)17-6-9-19(10-7-17)25-15-16-4-2-1-3-5-16/h1-5,8,11-14,17,19,25H,6-7,9-10,15H2/t17-,19+. The third-order valence-corrected chi connectivity index (χ3v) is 5.34. The maximum absolute atomic E-state index is 13.7. The lowest BCUT2D eigenvalue weighted by molar-refractivity contribution is 0.342. The van der Waals surface area contributed by atoms with Gasteiger partial charge in [0.15, 0.2) is 0 Å². The number of pyridine rings is 1. The fourth-order valence-electron chi connectivity index (χ4n) is 3.96. The summed E-state index contributed by atoms with van der Waals surface area (Å²) >= 11 is 0. The summed E-state index contributed by atoms with van der Waals surface area (Å²) in [5, 5.41) is 4.66. The number of benzene rings is 2. The van der Waals surface area contributed by atoms with Gasteiger partial charge < -0.3 is 5.32 Å². The first-order valence-electron chi connectivity index (χ1n) is 9.11. The highest BCUT2D eigenvalue weighted by atomic mass is 19.1. The number of fused-ring (bicyclic) bond motifs is 1. The van der Waals surface area contributed by atoms with E-state index in [2.05, 4.69) is 46.7 Å². The first kappa shape index (κ1) is 16.2. The molecule has 0 radical (unpaired) electrons. The van der Waals surface area contributed by atoms with Crippen LogP contribution in [0.15, 0.2) is 60.8 Å². The minimum absolute atomic E-state index is 0.181. The van der Waals surface area contributed by atoms with E-state index in [9.17, 15) is 4.39 Å². The Kier molecular flexibility index (Phi) is 4.75. The van der Waals surface area contributed by atoms with Crippen LogP contribution in [0.5, 0.6) is 0 Å². The second kappa shape index (κ2) is 7.32. The van der Waals surface area contributed by atoms with E-state index in [1.807, 2.05) is 6.20 Å². The Morgan fingerprint density at radius 2 is 1.76 bits per heavy atom. The molecule has 3 heteroatoms. The fraction of sp³-hybridized carbons (Fsp3) is 0.318. The van der Waals surface area contributed by atoms with Gasteiger partial charge in [0.25, 0.3) is 0 Å². The molecule has 0 amide bonds. The molecule has 0 bridgehead atoms. The number of hydrogen-bond acceptors (Lipinski definition) is 2. The summed E-state index contributed by atoms with van der Waals surface area (Å²) < 4.78 is 13.7. The first-order valence-corrected chi connectivity index (χ1v) is 9.11. The molecular formula is C22H23FN2. The van der Waals surface area contributed by atoms with Crippen LogP contribution < -0.4 is 5.32 Å². The van der Waals surface area contributed by atoms with Crippen LogP contribution in [0.1, 0.15) is 42.7 Å². The van der Waals surface area contributed by atoms with Crippen LogP contribution in [0.4, 0.5) is 4.39 Å². The Bertz CT molecular complexity index is 839. The molecule has 0 atom stereocenters. The monoisotopic (exact) mass is 334 g/mol. The normalized spacial score (nSPS) is 20.7. The van der Waals surface area contributed by atoms with Gasteiger partial charge >= 0.3 is 0 Å². The van der Waals surface area contributed by atoms with Gasteiger partial charge in [-0.3, -0.25) is 4.98 Å². The Labute approximate surface area is 148 Å². The minimum Gasteiger partial charge on any atom is -0.310 e. The van der Waals surface area contributed by atoms with E-state index in [-0.39, 0.29) is 5.82 Å². The molecule has 128 valence electrons. The summed E-state index contributed by atoms with van der Waals surface area (Å²) in [6, 6.07) is 18.1. The largest absolute Gasteiger partial charge is 0.310 e. The van der Waals surface area contributed by atoms with Crippen molar-refractivity contribution in [3.8, 4) is 0 Å². The zero-order chi connectivity index (χ0) is 17.1. The SMILES string of the molecule is Fc1ccc2nccc([C@H]3CC[C@@H](NCc4ccccc4)CC3)c2c1. The van der Waals surface area contributed by atoms with Gasteiger partial charge in [-0.1, -0.05) is 30.3 Å². The van der Waals surface area contributed by atoms with Crippen molar-refractivity contribution in [2.45, 2.75) is 44.2 Å². The molecular weight excluding hydrogens is 311 g/mol.